The molecule has 1 atom stereocenters. The topological polar surface area (TPSA) is 84.3 Å². The van der Waals surface area contributed by atoms with Crippen LogP contribution in [0.2, 0.25) is 0 Å². The van der Waals surface area contributed by atoms with E-state index in [9.17, 15) is 14.9 Å². The van der Waals surface area contributed by atoms with Gasteiger partial charge >= 0.3 is 0 Å². The number of nitro groups is 1. The van der Waals surface area contributed by atoms with Crippen LogP contribution in [0.15, 0.2) is 0 Å². The number of amides is 1. The van der Waals surface area contributed by atoms with E-state index in [0.717, 1.165) is 25.7 Å². The highest BCUT2D eigenvalue weighted by molar-refractivity contribution is 9.09. The first-order valence-electron chi connectivity index (χ1n) is 8.57. The predicted octanol–water partition coefficient (Wildman–Crippen LogP) is 3.93. The molecule has 0 aromatic rings. The first-order chi connectivity index (χ1) is 11.7. The minimum atomic E-state index is -1.67. The second-order valence-corrected chi connectivity index (χ2v) is 10.6. The Bertz CT molecular complexity index is 476. The van der Waals surface area contributed by atoms with Crippen LogP contribution in [0, 0.1) is 16.0 Å². The zero-order valence-electron chi connectivity index (χ0n) is 13.7. The Balaban J connectivity index is 1.89. The van der Waals surface area contributed by atoms with Crippen LogP contribution in [0.1, 0.15) is 51.4 Å². The van der Waals surface area contributed by atoms with E-state index in [2.05, 4.69) is 26.6 Å². The van der Waals surface area contributed by atoms with Crippen molar-refractivity contribution in [1.82, 2.24) is 10.6 Å². The van der Waals surface area contributed by atoms with E-state index in [4.69, 9.17) is 34.8 Å². The molecule has 2 saturated carbocycles. The summed E-state index contributed by atoms with van der Waals surface area (Å²) < 4.78 is -1.67. The van der Waals surface area contributed by atoms with Crippen molar-refractivity contribution in [3.8, 4) is 0 Å². The van der Waals surface area contributed by atoms with E-state index in [0.29, 0.717) is 30.5 Å². The number of hydrogen-bond acceptors (Lipinski definition) is 4. The van der Waals surface area contributed by atoms with Gasteiger partial charge in [-0.15, -0.1) is 0 Å². The fourth-order valence-corrected chi connectivity index (χ4v) is 4.36. The molecule has 0 bridgehead atoms. The Kier molecular flexibility index (Phi) is 8.08. The third-order valence-corrected chi connectivity index (χ3v) is 6.61. The SMILES string of the molecule is O=C(NC(NC1CCC(Br)CC1)C(Cl)(Cl)Cl)C1CCC([N+](=O)[O-])CC1. The van der Waals surface area contributed by atoms with Crippen LogP contribution in [0.3, 0.4) is 0 Å². The first kappa shape index (κ1) is 21.5. The molecule has 2 rings (SSSR count). The van der Waals surface area contributed by atoms with Gasteiger partial charge in [-0.3, -0.25) is 20.2 Å². The van der Waals surface area contributed by atoms with Gasteiger partial charge in [-0.05, 0) is 38.5 Å². The lowest BCUT2D eigenvalue weighted by atomic mass is 9.85. The van der Waals surface area contributed by atoms with E-state index in [1.54, 1.807) is 0 Å². The van der Waals surface area contributed by atoms with Gasteiger partial charge in [0.15, 0.2) is 0 Å². The molecule has 6 nitrogen and oxygen atoms in total. The Labute approximate surface area is 171 Å². The van der Waals surface area contributed by atoms with E-state index >= 15 is 0 Å². The van der Waals surface area contributed by atoms with Crippen molar-refractivity contribution >= 4 is 56.6 Å². The highest BCUT2D eigenvalue weighted by Gasteiger charge is 2.39. The molecule has 1 amide bonds. The number of hydrogen-bond donors (Lipinski definition) is 2. The highest BCUT2D eigenvalue weighted by Crippen LogP contribution is 2.32. The van der Waals surface area contributed by atoms with E-state index < -0.39 is 16.0 Å². The fraction of sp³-hybridized carbons (Fsp3) is 0.933. The van der Waals surface area contributed by atoms with Crippen LogP contribution in [0.4, 0.5) is 0 Å². The molecule has 144 valence electrons. The predicted molar refractivity (Wildman–Crippen MR) is 103 cm³/mol. The second kappa shape index (κ2) is 9.40. The molecule has 10 heteroatoms. The summed E-state index contributed by atoms with van der Waals surface area (Å²) in [5.41, 5.74) is 0. The van der Waals surface area contributed by atoms with Gasteiger partial charge in [0.1, 0.15) is 6.17 Å². The third kappa shape index (κ3) is 6.69. The normalized spacial score (nSPS) is 32.0. The van der Waals surface area contributed by atoms with Crippen LogP contribution < -0.4 is 10.6 Å². The summed E-state index contributed by atoms with van der Waals surface area (Å²) in [6, 6.07) is -0.370. The fourth-order valence-electron chi connectivity index (χ4n) is 3.48. The van der Waals surface area contributed by atoms with Crippen molar-refractivity contribution < 1.29 is 9.72 Å². The lowest BCUT2D eigenvalue weighted by Gasteiger charge is -2.35. The lowest BCUT2D eigenvalue weighted by molar-refractivity contribution is -0.526. The van der Waals surface area contributed by atoms with Crippen LogP contribution in [0.25, 0.3) is 0 Å². The minimum absolute atomic E-state index is 0.181. The molecule has 0 aliphatic heterocycles. The number of nitrogens with zero attached hydrogens (tertiary/aromatic N) is 1. The Morgan fingerprint density at radius 3 is 2.12 bits per heavy atom. The smallest absolute Gasteiger partial charge is 0.224 e. The maximum Gasteiger partial charge on any atom is 0.224 e. The van der Waals surface area contributed by atoms with Crippen molar-refractivity contribution in [3.05, 3.63) is 10.1 Å². The summed E-state index contributed by atoms with van der Waals surface area (Å²) in [5, 5.41) is 16.9. The van der Waals surface area contributed by atoms with Gasteiger partial charge in [0.2, 0.25) is 15.7 Å². The van der Waals surface area contributed by atoms with Crippen LogP contribution >= 0.6 is 50.7 Å². The van der Waals surface area contributed by atoms with Crippen molar-refractivity contribution in [2.24, 2.45) is 5.92 Å². The average Bonchev–Trinajstić information content (AvgIpc) is 2.55. The molecular formula is C15H23BrCl3N3O3. The number of nitrogens with one attached hydrogen (secondary N) is 2. The van der Waals surface area contributed by atoms with Crippen LogP contribution in [0.5, 0.6) is 0 Å². The zero-order chi connectivity index (χ0) is 18.6. The molecule has 0 saturated heterocycles. The van der Waals surface area contributed by atoms with Crippen LogP contribution in [-0.4, -0.2) is 37.7 Å². The maximum absolute atomic E-state index is 12.5. The first-order valence-corrected chi connectivity index (χ1v) is 10.6. The van der Waals surface area contributed by atoms with Gasteiger partial charge in [0.05, 0.1) is 0 Å². The van der Waals surface area contributed by atoms with Gasteiger partial charge in [-0.2, -0.15) is 0 Å². The Hall–Kier alpha value is 0.180. The van der Waals surface area contributed by atoms with Crippen molar-refractivity contribution in [3.63, 3.8) is 0 Å². The summed E-state index contributed by atoms with van der Waals surface area (Å²) in [7, 11) is 0. The standard InChI is InChI=1S/C15H23BrCl3N3O3/c16-10-3-5-11(6-4-10)20-14(15(17,18)19)21-13(23)9-1-7-12(8-2-9)22(24)25/h9-12,14,20H,1-8H2,(H,21,23). The number of alkyl halides is 4. The molecule has 0 radical (unpaired) electrons. The molecule has 0 spiro atoms. The van der Waals surface area contributed by atoms with Crippen molar-refractivity contribution in [1.29, 1.82) is 0 Å². The quantitative estimate of drug-likeness (QED) is 0.271. The van der Waals surface area contributed by atoms with Gasteiger partial charge in [-0.25, -0.2) is 0 Å². The molecular weight excluding hydrogens is 456 g/mol. The second-order valence-electron chi connectivity index (χ2n) is 6.89. The van der Waals surface area contributed by atoms with Gasteiger partial charge in [0.25, 0.3) is 0 Å². The van der Waals surface area contributed by atoms with Gasteiger partial charge in [-0.1, -0.05) is 50.7 Å². The number of halogens is 4. The van der Waals surface area contributed by atoms with Gasteiger partial charge < -0.3 is 5.32 Å². The zero-order valence-corrected chi connectivity index (χ0v) is 17.6. The monoisotopic (exact) mass is 477 g/mol. The molecule has 1 unspecified atom stereocenters. The molecule has 2 fully saturated rings. The Morgan fingerprint density at radius 1 is 1.08 bits per heavy atom. The van der Waals surface area contributed by atoms with Crippen LogP contribution in [-0.2, 0) is 4.79 Å². The van der Waals surface area contributed by atoms with Gasteiger partial charge in [0, 0.05) is 34.6 Å². The highest BCUT2D eigenvalue weighted by atomic mass is 79.9. The lowest BCUT2D eigenvalue weighted by Crippen LogP contribution is -2.58. The summed E-state index contributed by atoms with van der Waals surface area (Å²) >= 11 is 21.8. The molecule has 0 aromatic heterocycles. The van der Waals surface area contributed by atoms with E-state index in [1.807, 2.05) is 0 Å². The van der Waals surface area contributed by atoms with E-state index in [1.165, 1.54) is 0 Å². The Morgan fingerprint density at radius 2 is 1.64 bits per heavy atom. The number of rotatable bonds is 5. The number of carbonyl (C=O) groups excluding carboxylic acids is 1. The third-order valence-electron chi connectivity index (χ3n) is 5.04. The molecule has 0 heterocycles. The molecule has 2 aliphatic carbocycles. The summed E-state index contributed by atoms with van der Waals surface area (Å²) in [6.45, 7) is 0. The molecule has 2 aliphatic rings. The van der Waals surface area contributed by atoms with Crippen molar-refractivity contribution in [2.75, 3.05) is 0 Å². The maximum atomic E-state index is 12.5. The average molecular weight is 480 g/mol. The minimum Gasteiger partial charge on any atom is -0.336 e. The van der Waals surface area contributed by atoms with E-state index in [-0.39, 0.29) is 22.8 Å². The molecule has 25 heavy (non-hydrogen) atoms. The molecule has 2 N–H and O–H groups in total. The largest absolute Gasteiger partial charge is 0.336 e. The summed E-state index contributed by atoms with van der Waals surface area (Å²) in [5.74, 6) is -0.481. The number of carbonyl (C=O) groups is 1. The molecule has 0 aromatic carbocycles. The van der Waals surface area contributed by atoms with Crippen molar-refractivity contribution in [2.45, 2.75) is 78.2 Å². The summed E-state index contributed by atoms with van der Waals surface area (Å²) in [6.07, 6.45) is 4.95. The summed E-state index contributed by atoms with van der Waals surface area (Å²) in [4.78, 5) is 23.6.